The van der Waals surface area contributed by atoms with Crippen LogP contribution in [-0.2, 0) is 9.53 Å². The van der Waals surface area contributed by atoms with Crippen molar-refractivity contribution in [1.82, 2.24) is 0 Å². The van der Waals surface area contributed by atoms with E-state index in [-0.39, 0.29) is 12.0 Å². The van der Waals surface area contributed by atoms with Crippen molar-refractivity contribution < 1.29 is 19.0 Å². The van der Waals surface area contributed by atoms with Crippen LogP contribution in [0.4, 0.5) is 4.39 Å². The summed E-state index contributed by atoms with van der Waals surface area (Å²) in [6.07, 6.45) is -2.13. The lowest BCUT2D eigenvalue weighted by Crippen LogP contribution is -2.21. The summed E-state index contributed by atoms with van der Waals surface area (Å²) in [5, 5.41) is 8.70. The molecule has 0 spiro atoms. The Labute approximate surface area is 76.3 Å². The van der Waals surface area contributed by atoms with Crippen LogP contribution < -0.4 is 0 Å². The summed E-state index contributed by atoms with van der Waals surface area (Å²) < 4.78 is 18.4. The standard InChI is InChI=1S/C7H6BrFO3/c8-5-4(7(10)11)3-1-2(9)6(5)12-3/h2-3,6H,1H2,(H,10,11)/t2-,3-,6+/m1/s1. The van der Waals surface area contributed by atoms with Gasteiger partial charge in [-0.1, -0.05) is 15.9 Å². The number of carboxylic acid groups (broad SMARTS) is 1. The van der Waals surface area contributed by atoms with Gasteiger partial charge in [-0.2, -0.15) is 0 Å². The van der Waals surface area contributed by atoms with Crippen LogP contribution in [0.1, 0.15) is 6.42 Å². The fourth-order valence-corrected chi connectivity index (χ4v) is 2.42. The lowest BCUT2D eigenvalue weighted by Gasteiger charge is -2.11. The molecule has 0 radical (unpaired) electrons. The highest BCUT2D eigenvalue weighted by atomic mass is 79.9. The number of fused-ring (bicyclic) bond motifs is 2. The first-order valence-corrected chi connectivity index (χ1v) is 4.33. The third-order valence-corrected chi connectivity index (χ3v) is 3.02. The maximum absolute atomic E-state index is 12.9. The van der Waals surface area contributed by atoms with E-state index in [0.29, 0.717) is 4.48 Å². The summed E-state index contributed by atoms with van der Waals surface area (Å²) in [7, 11) is 0. The smallest absolute Gasteiger partial charge is 0.335 e. The van der Waals surface area contributed by atoms with Gasteiger partial charge in [0, 0.05) is 10.9 Å². The predicted molar refractivity (Wildman–Crippen MR) is 41.8 cm³/mol. The number of hydrogen-bond acceptors (Lipinski definition) is 2. The molecule has 1 saturated heterocycles. The highest BCUT2D eigenvalue weighted by molar-refractivity contribution is 9.11. The average Bonchev–Trinajstić information content (AvgIpc) is 2.42. The molecule has 2 aliphatic rings. The van der Waals surface area contributed by atoms with Gasteiger partial charge in [-0.05, 0) is 0 Å². The molecule has 3 atom stereocenters. The number of aliphatic carboxylic acids is 1. The van der Waals surface area contributed by atoms with Crippen LogP contribution in [0.15, 0.2) is 10.1 Å². The molecule has 1 N–H and O–H groups in total. The van der Waals surface area contributed by atoms with Crippen molar-refractivity contribution in [2.24, 2.45) is 0 Å². The molecule has 12 heavy (non-hydrogen) atoms. The van der Waals surface area contributed by atoms with Crippen LogP contribution in [-0.4, -0.2) is 29.5 Å². The van der Waals surface area contributed by atoms with E-state index in [1.54, 1.807) is 0 Å². The first-order chi connectivity index (χ1) is 5.61. The monoisotopic (exact) mass is 236 g/mol. The lowest BCUT2D eigenvalue weighted by atomic mass is 9.98. The molecule has 2 heterocycles. The molecule has 0 aliphatic carbocycles. The van der Waals surface area contributed by atoms with Gasteiger partial charge < -0.3 is 9.84 Å². The molecule has 0 aromatic carbocycles. The van der Waals surface area contributed by atoms with E-state index in [1.807, 2.05) is 0 Å². The number of carboxylic acids is 1. The number of alkyl halides is 1. The van der Waals surface area contributed by atoms with E-state index in [1.165, 1.54) is 0 Å². The molecule has 0 unspecified atom stereocenters. The Morgan fingerprint density at radius 1 is 1.75 bits per heavy atom. The third kappa shape index (κ3) is 0.927. The zero-order chi connectivity index (χ0) is 8.88. The molecule has 1 fully saturated rings. The zero-order valence-corrected chi connectivity index (χ0v) is 7.54. The molecule has 2 aliphatic heterocycles. The summed E-state index contributed by atoms with van der Waals surface area (Å²) >= 11 is 3.04. The molecule has 0 saturated carbocycles. The highest BCUT2D eigenvalue weighted by Gasteiger charge is 2.48. The van der Waals surface area contributed by atoms with Crippen LogP contribution in [0.25, 0.3) is 0 Å². The quantitative estimate of drug-likeness (QED) is 0.745. The Hall–Kier alpha value is -0.420. The average molecular weight is 237 g/mol. The summed E-state index contributed by atoms with van der Waals surface area (Å²) in [5.41, 5.74) is 0.175. The number of halogens is 2. The minimum Gasteiger partial charge on any atom is -0.478 e. The summed E-state index contributed by atoms with van der Waals surface area (Å²) in [5.74, 6) is -1.03. The van der Waals surface area contributed by atoms with E-state index in [9.17, 15) is 9.18 Å². The lowest BCUT2D eigenvalue weighted by molar-refractivity contribution is -0.133. The topological polar surface area (TPSA) is 46.5 Å². The van der Waals surface area contributed by atoms with Crippen molar-refractivity contribution in [2.75, 3.05) is 0 Å². The van der Waals surface area contributed by atoms with Crippen LogP contribution in [0.3, 0.4) is 0 Å². The van der Waals surface area contributed by atoms with Crippen molar-refractivity contribution >= 4 is 21.9 Å². The Morgan fingerprint density at radius 3 is 2.83 bits per heavy atom. The molecule has 0 aromatic heterocycles. The van der Waals surface area contributed by atoms with Gasteiger partial charge >= 0.3 is 5.97 Å². The zero-order valence-electron chi connectivity index (χ0n) is 5.96. The van der Waals surface area contributed by atoms with Gasteiger partial charge in [0.15, 0.2) is 0 Å². The van der Waals surface area contributed by atoms with Crippen molar-refractivity contribution in [3.63, 3.8) is 0 Å². The van der Waals surface area contributed by atoms with Crippen molar-refractivity contribution in [3.8, 4) is 0 Å². The molecule has 66 valence electrons. The van der Waals surface area contributed by atoms with Gasteiger partial charge in [-0.15, -0.1) is 0 Å². The third-order valence-electron chi connectivity index (χ3n) is 2.14. The molecule has 2 rings (SSSR count). The van der Waals surface area contributed by atoms with Crippen molar-refractivity contribution in [2.45, 2.75) is 24.8 Å². The first-order valence-electron chi connectivity index (χ1n) is 3.53. The minimum atomic E-state index is -1.06. The summed E-state index contributed by atoms with van der Waals surface area (Å²) in [6.45, 7) is 0. The Bertz CT molecular complexity index is 276. The molecule has 3 nitrogen and oxygen atoms in total. The number of rotatable bonds is 1. The van der Waals surface area contributed by atoms with E-state index in [2.05, 4.69) is 15.9 Å². The van der Waals surface area contributed by atoms with E-state index in [0.717, 1.165) is 0 Å². The number of ether oxygens (including phenoxy) is 1. The van der Waals surface area contributed by atoms with Crippen molar-refractivity contribution in [3.05, 3.63) is 10.1 Å². The van der Waals surface area contributed by atoms with Gasteiger partial charge in [0.1, 0.15) is 12.3 Å². The normalized spacial score (nSPS) is 39.3. The minimum absolute atomic E-state index is 0.168. The van der Waals surface area contributed by atoms with Gasteiger partial charge in [0.2, 0.25) is 0 Å². The van der Waals surface area contributed by atoms with E-state index in [4.69, 9.17) is 9.84 Å². The second-order valence-electron chi connectivity index (χ2n) is 2.86. The second kappa shape index (κ2) is 2.53. The van der Waals surface area contributed by atoms with Gasteiger partial charge in [0.05, 0.1) is 11.7 Å². The predicted octanol–water partition coefficient (Wildman–Crippen LogP) is 1.23. The molecule has 2 bridgehead atoms. The molecule has 5 heteroatoms. The molecular weight excluding hydrogens is 231 g/mol. The van der Waals surface area contributed by atoms with Gasteiger partial charge in [-0.3, -0.25) is 0 Å². The van der Waals surface area contributed by atoms with E-state index < -0.39 is 24.3 Å². The highest BCUT2D eigenvalue weighted by Crippen LogP contribution is 2.43. The van der Waals surface area contributed by atoms with Crippen LogP contribution in [0.5, 0.6) is 0 Å². The largest absolute Gasteiger partial charge is 0.478 e. The van der Waals surface area contributed by atoms with Gasteiger partial charge in [0.25, 0.3) is 0 Å². The Balaban J connectivity index is 2.36. The molecule has 0 aromatic rings. The fraction of sp³-hybridized carbons (Fsp3) is 0.571. The van der Waals surface area contributed by atoms with Crippen LogP contribution in [0, 0.1) is 0 Å². The van der Waals surface area contributed by atoms with Crippen LogP contribution >= 0.6 is 15.9 Å². The van der Waals surface area contributed by atoms with E-state index >= 15 is 0 Å². The summed E-state index contributed by atoms with van der Waals surface area (Å²) in [4.78, 5) is 10.6. The SMILES string of the molecule is O=C(O)C1=C(Br)[C@H]2O[C@@H]1C[C@H]2F. The maximum atomic E-state index is 12.9. The second-order valence-corrected chi connectivity index (χ2v) is 3.72. The fourth-order valence-electron chi connectivity index (χ4n) is 1.60. The Kier molecular flexibility index (Phi) is 1.73. The Morgan fingerprint density at radius 2 is 2.42 bits per heavy atom. The number of hydrogen-bond donors (Lipinski definition) is 1. The van der Waals surface area contributed by atoms with Gasteiger partial charge in [-0.25, -0.2) is 9.18 Å². The molecule has 0 amide bonds. The summed E-state index contributed by atoms with van der Waals surface area (Å²) in [6, 6.07) is 0. The van der Waals surface area contributed by atoms with Crippen LogP contribution in [0.2, 0.25) is 0 Å². The molecular formula is C7H6BrFO3. The number of carbonyl (C=O) groups is 1. The van der Waals surface area contributed by atoms with Crippen molar-refractivity contribution in [1.29, 1.82) is 0 Å². The first kappa shape index (κ1) is 8.19. The maximum Gasteiger partial charge on any atom is 0.335 e.